The number of pyridine rings is 2. The van der Waals surface area contributed by atoms with Crippen LogP contribution in [0.4, 0.5) is 0 Å². The van der Waals surface area contributed by atoms with E-state index in [-0.39, 0.29) is 12.1 Å². The first kappa shape index (κ1) is 19.2. The molecule has 5 rings (SSSR count). The highest BCUT2D eigenvalue weighted by Crippen LogP contribution is 2.39. The average molecular weight is 416 g/mol. The molecule has 4 heterocycles. The topological polar surface area (TPSA) is 99.2 Å². The van der Waals surface area contributed by atoms with Crippen molar-refractivity contribution in [2.45, 2.75) is 25.6 Å². The first-order valence-electron chi connectivity index (χ1n) is 9.96. The first-order chi connectivity index (χ1) is 15.2. The minimum absolute atomic E-state index is 0.211. The number of imidazole rings is 1. The predicted molar refractivity (Wildman–Crippen MR) is 112 cm³/mol. The van der Waals surface area contributed by atoms with Gasteiger partial charge in [0.1, 0.15) is 17.5 Å². The van der Waals surface area contributed by atoms with Gasteiger partial charge in [-0.2, -0.15) is 0 Å². The fraction of sp³-hybridized carbons (Fsp3) is 0.217. The lowest BCUT2D eigenvalue weighted by molar-refractivity contribution is -0.141. The molecule has 1 aliphatic rings. The Morgan fingerprint density at radius 3 is 2.84 bits per heavy atom. The molecule has 1 fully saturated rings. The Kier molecular flexibility index (Phi) is 5.05. The van der Waals surface area contributed by atoms with Crippen LogP contribution in [-0.4, -0.2) is 33.0 Å². The summed E-state index contributed by atoms with van der Waals surface area (Å²) >= 11 is 0. The summed E-state index contributed by atoms with van der Waals surface area (Å²) < 4.78 is 16.7. The van der Waals surface area contributed by atoms with Crippen LogP contribution < -0.4 is 4.74 Å². The normalized spacial score (nSPS) is 15.9. The van der Waals surface area contributed by atoms with Gasteiger partial charge in [0.05, 0.1) is 17.6 Å². The van der Waals surface area contributed by atoms with Gasteiger partial charge in [0.15, 0.2) is 5.82 Å². The van der Waals surface area contributed by atoms with E-state index in [0.29, 0.717) is 36.9 Å². The van der Waals surface area contributed by atoms with E-state index in [0.717, 1.165) is 27.9 Å². The van der Waals surface area contributed by atoms with Gasteiger partial charge in [-0.15, -0.1) is 0 Å². The molecule has 4 aromatic rings. The Labute approximate surface area is 178 Å². The van der Waals surface area contributed by atoms with Crippen molar-refractivity contribution in [3.05, 3.63) is 66.0 Å². The zero-order valence-corrected chi connectivity index (χ0v) is 16.9. The molecule has 0 bridgehead atoms. The number of aromatic nitrogens is 4. The lowest BCUT2D eigenvalue weighted by Crippen LogP contribution is -2.02. The number of methoxy groups -OCH3 is 1. The highest BCUT2D eigenvalue weighted by molar-refractivity contribution is 5.82. The van der Waals surface area contributed by atoms with Gasteiger partial charge in [0.2, 0.25) is 5.88 Å². The van der Waals surface area contributed by atoms with Crippen molar-refractivity contribution in [2.75, 3.05) is 7.11 Å². The molecule has 1 N–H and O–H groups in total. The molecule has 1 aromatic carbocycles. The van der Waals surface area contributed by atoms with Crippen molar-refractivity contribution in [2.24, 2.45) is 0 Å². The minimum atomic E-state index is -0.374. The smallest absolute Gasteiger partial charge is 0.306 e. The lowest BCUT2D eigenvalue weighted by Gasteiger charge is -2.15. The quantitative estimate of drug-likeness (QED) is 0.467. The third-order valence-electron chi connectivity index (χ3n) is 5.08. The maximum atomic E-state index is 11.7. The predicted octanol–water partition coefficient (Wildman–Crippen LogP) is 4.34. The van der Waals surface area contributed by atoms with Gasteiger partial charge < -0.3 is 19.2 Å². The number of carbonyl (C=O) groups is 1. The van der Waals surface area contributed by atoms with E-state index in [4.69, 9.17) is 14.2 Å². The second kappa shape index (κ2) is 8.16. The van der Waals surface area contributed by atoms with Gasteiger partial charge in [-0.1, -0.05) is 6.07 Å². The molecule has 1 atom stereocenters. The Balaban J connectivity index is 1.54. The van der Waals surface area contributed by atoms with Crippen LogP contribution in [0.5, 0.6) is 11.6 Å². The molecule has 8 heteroatoms. The number of nitrogens with zero attached hydrogens (tertiary/aromatic N) is 3. The second-order valence-corrected chi connectivity index (χ2v) is 7.26. The Morgan fingerprint density at radius 1 is 1.19 bits per heavy atom. The number of hydrogen-bond donors (Lipinski definition) is 1. The lowest BCUT2D eigenvalue weighted by atomic mass is 10.0. The van der Waals surface area contributed by atoms with Crippen molar-refractivity contribution in [3.8, 4) is 23.1 Å². The van der Waals surface area contributed by atoms with Gasteiger partial charge in [-0.3, -0.25) is 9.78 Å². The summed E-state index contributed by atoms with van der Waals surface area (Å²) in [6, 6.07) is 13.1. The number of esters is 1. The third-order valence-corrected chi connectivity index (χ3v) is 5.08. The maximum Gasteiger partial charge on any atom is 0.306 e. The Morgan fingerprint density at radius 2 is 2.13 bits per heavy atom. The molecule has 1 saturated heterocycles. The third kappa shape index (κ3) is 3.97. The summed E-state index contributed by atoms with van der Waals surface area (Å²) in [5, 5.41) is 0. The van der Waals surface area contributed by atoms with Crippen molar-refractivity contribution in [1.82, 2.24) is 19.9 Å². The molecule has 0 saturated carbocycles. The molecule has 1 unspecified atom stereocenters. The molecule has 156 valence electrons. The van der Waals surface area contributed by atoms with E-state index in [1.165, 1.54) is 0 Å². The molecular formula is C23H20N4O4. The van der Waals surface area contributed by atoms with E-state index in [9.17, 15) is 4.79 Å². The van der Waals surface area contributed by atoms with Crippen LogP contribution in [0.2, 0.25) is 0 Å². The van der Waals surface area contributed by atoms with E-state index in [1.54, 1.807) is 25.6 Å². The number of fused-ring (bicyclic) bond motifs is 1. The van der Waals surface area contributed by atoms with Crippen molar-refractivity contribution in [1.29, 1.82) is 0 Å². The van der Waals surface area contributed by atoms with Crippen LogP contribution in [0, 0.1) is 0 Å². The highest BCUT2D eigenvalue weighted by atomic mass is 16.6. The van der Waals surface area contributed by atoms with Crippen LogP contribution in [0.3, 0.4) is 0 Å². The summed E-state index contributed by atoms with van der Waals surface area (Å²) in [5.41, 5.74) is 4.00. The summed E-state index contributed by atoms with van der Waals surface area (Å²) in [6.45, 7) is 0.478. The van der Waals surface area contributed by atoms with Gasteiger partial charge in [-0.25, -0.2) is 9.97 Å². The first-order valence-corrected chi connectivity index (χ1v) is 9.96. The van der Waals surface area contributed by atoms with E-state index in [1.807, 2.05) is 36.4 Å². The number of rotatable bonds is 6. The van der Waals surface area contributed by atoms with Crippen LogP contribution in [-0.2, 0) is 20.9 Å². The monoisotopic (exact) mass is 416 g/mol. The minimum Gasteiger partial charge on any atom is -0.457 e. The van der Waals surface area contributed by atoms with Gasteiger partial charge >= 0.3 is 5.97 Å². The summed E-state index contributed by atoms with van der Waals surface area (Å²) in [4.78, 5) is 28.4. The summed E-state index contributed by atoms with van der Waals surface area (Å²) in [5.74, 6) is 1.43. The summed E-state index contributed by atoms with van der Waals surface area (Å²) in [6.07, 6.45) is 4.04. The number of carbonyl (C=O) groups excluding carboxylic acids is 1. The van der Waals surface area contributed by atoms with Crippen LogP contribution >= 0.6 is 0 Å². The van der Waals surface area contributed by atoms with E-state index >= 15 is 0 Å². The standard InChI is InChI=1S/C23H20N4O4/c1-29-13-14-5-7-21(25-12-14)30-20-11-18-17(10-15(20)19-6-8-22(28)31-19)26-23(27-18)16-4-2-3-9-24-16/h2-5,7,9-12,19H,6,8,13H2,1H3,(H,26,27). The number of aromatic amines is 1. The van der Waals surface area contributed by atoms with Crippen molar-refractivity contribution >= 4 is 17.0 Å². The molecule has 0 aliphatic carbocycles. The number of ether oxygens (including phenoxy) is 3. The zero-order valence-electron chi connectivity index (χ0n) is 16.9. The van der Waals surface area contributed by atoms with Crippen LogP contribution in [0.25, 0.3) is 22.6 Å². The molecule has 0 radical (unpaired) electrons. The number of nitrogens with one attached hydrogen (secondary N) is 1. The van der Waals surface area contributed by atoms with Crippen molar-refractivity contribution in [3.63, 3.8) is 0 Å². The number of benzene rings is 1. The molecule has 0 spiro atoms. The number of hydrogen-bond acceptors (Lipinski definition) is 7. The van der Waals surface area contributed by atoms with Gasteiger partial charge in [0.25, 0.3) is 0 Å². The second-order valence-electron chi connectivity index (χ2n) is 7.26. The molecule has 0 amide bonds. The molecule has 1 aliphatic heterocycles. The summed E-state index contributed by atoms with van der Waals surface area (Å²) in [7, 11) is 1.64. The molecule has 31 heavy (non-hydrogen) atoms. The Bertz CT molecular complexity index is 1220. The van der Waals surface area contributed by atoms with Gasteiger partial charge in [-0.05, 0) is 36.2 Å². The fourth-order valence-corrected chi connectivity index (χ4v) is 3.60. The van der Waals surface area contributed by atoms with Crippen LogP contribution in [0.1, 0.15) is 30.1 Å². The van der Waals surface area contributed by atoms with Crippen molar-refractivity contribution < 1.29 is 19.0 Å². The van der Waals surface area contributed by atoms with Gasteiger partial charge in [0, 0.05) is 43.6 Å². The van der Waals surface area contributed by atoms with E-state index < -0.39 is 0 Å². The highest BCUT2D eigenvalue weighted by Gasteiger charge is 2.29. The Hall–Kier alpha value is -3.78. The molecular weight excluding hydrogens is 396 g/mol. The average Bonchev–Trinajstić information content (AvgIpc) is 3.41. The maximum absolute atomic E-state index is 11.7. The van der Waals surface area contributed by atoms with E-state index in [2.05, 4.69) is 19.9 Å². The largest absolute Gasteiger partial charge is 0.457 e. The molecule has 8 nitrogen and oxygen atoms in total. The van der Waals surface area contributed by atoms with Crippen LogP contribution in [0.15, 0.2) is 54.9 Å². The molecule has 3 aromatic heterocycles. The number of cyclic esters (lactones) is 1. The fourth-order valence-electron chi connectivity index (χ4n) is 3.60. The SMILES string of the molecule is COCc1ccc(Oc2cc3nc(-c4ccccn4)[nH]c3cc2C2CCC(=O)O2)nc1. The zero-order chi connectivity index (χ0) is 21.2. The number of H-pyrrole nitrogens is 1.